The second-order valence-corrected chi connectivity index (χ2v) is 3.58. The number of nitrogens with zero attached hydrogens (tertiary/aromatic N) is 4. The third kappa shape index (κ3) is 2.56. The average Bonchev–Trinajstić information content (AvgIpc) is 2.21. The van der Waals surface area contributed by atoms with E-state index in [1.807, 2.05) is 6.92 Å². The van der Waals surface area contributed by atoms with Crippen LogP contribution in [0.5, 0.6) is 0 Å². The molecule has 5 heteroatoms. The van der Waals surface area contributed by atoms with Crippen molar-refractivity contribution in [2.75, 3.05) is 18.5 Å². The van der Waals surface area contributed by atoms with Gasteiger partial charge in [0.15, 0.2) is 5.82 Å². The van der Waals surface area contributed by atoms with Gasteiger partial charge in [0.05, 0.1) is 12.0 Å². The Morgan fingerprint density at radius 1 is 1.73 bits per heavy atom. The average molecular weight is 206 g/mol. The van der Waals surface area contributed by atoms with Gasteiger partial charge in [0.2, 0.25) is 0 Å². The van der Waals surface area contributed by atoms with E-state index >= 15 is 0 Å². The molecule has 0 saturated heterocycles. The molecule has 1 atom stereocenters. The third-order valence-corrected chi connectivity index (χ3v) is 2.13. The molecule has 0 fully saturated rings. The van der Waals surface area contributed by atoms with Gasteiger partial charge in [0, 0.05) is 33.0 Å². The number of rotatable bonds is 3. The van der Waals surface area contributed by atoms with E-state index in [1.54, 1.807) is 31.4 Å². The van der Waals surface area contributed by atoms with E-state index in [2.05, 4.69) is 11.1 Å². The first-order valence-electron chi connectivity index (χ1n) is 4.68. The zero-order valence-electron chi connectivity index (χ0n) is 9.14. The minimum absolute atomic E-state index is 0.123. The van der Waals surface area contributed by atoms with Crippen LogP contribution in [0.3, 0.4) is 0 Å². The molecule has 0 spiro atoms. The van der Waals surface area contributed by atoms with Crippen LogP contribution in [0.4, 0.5) is 5.82 Å². The summed E-state index contributed by atoms with van der Waals surface area (Å²) in [4.78, 5) is 17.4. The maximum atomic E-state index is 11.7. The van der Waals surface area contributed by atoms with Crippen molar-refractivity contribution in [1.82, 2.24) is 9.55 Å². The summed E-state index contributed by atoms with van der Waals surface area (Å²) in [6, 6.07) is 2.12. The highest BCUT2D eigenvalue weighted by atomic mass is 16.1. The van der Waals surface area contributed by atoms with E-state index in [1.165, 1.54) is 4.57 Å². The maximum Gasteiger partial charge on any atom is 0.293 e. The fraction of sp³-hybridized carbons (Fsp3) is 0.500. The van der Waals surface area contributed by atoms with E-state index in [0.717, 1.165) is 0 Å². The molecular weight excluding hydrogens is 192 g/mol. The lowest BCUT2D eigenvalue weighted by atomic mass is 10.2. The molecule has 80 valence electrons. The van der Waals surface area contributed by atoms with Crippen LogP contribution < -0.4 is 10.5 Å². The van der Waals surface area contributed by atoms with Gasteiger partial charge in [0.1, 0.15) is 0 Å². The first kappa shape index (κ1) is 11.2. The molecule has 0 aliphatic carbocycles. The van der Waals surface area contributed by atoms with Crippen LogP contribution in [0.25, 0.3) is 0 Å². The van der Waals surface area contributed by atoms with Gasteiger partial charge in [-0.25, -0.2) is 4.98 Å². The largest absolute Gasteiger partial charge is 0.354 e. The number of anilines is 1. The molecular formula is C10H14N4O. The second kappa shape index (κ2) is 4.60. The normalized spacial score (nSPS) is 11.9. The van der Waals surface area contributed by atoms with Crippen molar-refractivity contribution < 1.29 is 0 Å². The molecule has 1 aromatic heterocycles. The zero-order chi connectivity index (χ0) is 11.4. The second-order valence-electron chi connectivity index (χ2n) is 3.58. The molecule has 0 bridgehead atoms. The van der Waals surface area contributed by atoms with Crippen LogP contribution >= 0.6 is 0 Å². The number of hydrogen-bond donors (Lipinski definition) is 0. The summed E-state index contributed by atoms with van der Waals surface area (Å²) >= 11 is 0. The molecule has 1 unspecified atom stereocenters. The van der Waals surface area contributed by atoms with Gasteiger partial charge in [0.25, 0.3) is 5.56 Å². The topological polar surface area (TPSA) is 61.9 Å². The fourth-order valence-corrected chi connectivity index (χ4v) is 1.28. The molecule has 1 heterocycles. The molecule has 0 aromatic carbocycles. The SMILES string of the molecule is CC(C#N)CN(C)c1nccn(C)c1=O. The van der Waals surface area contributed by atoms with Crippen LogP contribution in [0.15, 0.2) is 17.2 Å². The maximum absolute atomic E-state index is 11.7. The lowest BCUT2D eigenvalue weighted by Gasteiger charge is -2.18. The number of aryl methyl sites for hydroxylation is 1. The standard InChI is InChI=1S/C10H14N4O/c1-8(6-11)7-14(3)9-10(15)13(2)5-4-12-9/h4-5,8H,7H2,1-3H3. The Kier molecular flexibility index (Phi) is 3.45. The minimum Gasteiger partial charge on any atom is -0.354 e. The van der Waals surface area contributed by atoms with E-state index < -0.39 is 0 Å². The Bertz CT molecular complexity index is 432. The van der Waals surface area contributed by atoms with Crippen LogP contribution in [0, 0.1) is 17.2 Å². The number of aromatic nitrogens is 2. The summed E-state index contributed by atoms with van der Waals surface area (Å²) in [5.41, 5.74) is -0.148. The summed E-state index contributed by atoms with van der Waals surface area (Å²) in [6.07, 6.45) is 3.18. The van der Waals surface area contributed by atoms with E-state index in [0.29, 0.717) is 12.4 Å². The molecule has 0 N–H and O–H groups in total. The summed E-state index contributed by atoms with van der Waals surface area (Å²) < 4.78 is 1.47. The Morgan fingerprint density at radius 3 is 3.00 bits per heavy atom. The molecule has 5 nitrogen and oxygen atoms in total. The smallest absolute Gasteiger partial charge is 0.293 e. The molecule has 0 aliphatic rings. The predicted molar refractivity (Wildman–Crippen MR) is 57.5 cm³/mol. The number of nitriles is 1. The molecule has 0 radical (unpaired) electrons. The monoisotopic (exact) mass is 206 g/mol. The quantitative estimate of drug-likeness (QED) is 0.717. The molecule has 0 amide bonds. The van der Waals surface area contributed by atoms with Crippen molar-refractivity contribution >= 4 is 5.82 Å². The van der Waals surface area contributed by atoms with Crippen molar-refractivity contribution in [1.29, 1.82) is 5.26 Å². The van der Waals surface area contributed by atoms with Gasteiger partial charge in [-0.15, -0.1) is 0 Å². The molecule has 0 aliphatic heterocycles. The van der Waals surface area contributed by atoms with Gasteiger partial charge < -0.3 is 9.47 Å². The first-order valence-corrected chi connectivity index (χ1v) is 4.68. The van der Waals surface area contributed by atoms with E-state index in [-0.39, 0.29) is 11.5 Å². The van der Waals surface area contributed by atoms with E-state index in [4.69, 9.17) is 5.26 Å². The molecule has 1 rings (SSSR count). The fourth-order valence-electron chi connectivity index (χ4n) is 1.28. The van der Waals surface area contributed by atoms with Gasteiger partial charge in [-0.1, -0.05) is 0 Å². The lowest BCUT2D eigenvalue weighted by Crippen LogP contribution is -2.32. The minimum atomic E-state index is -0.148. The Hall–Kier alpha value is -1.83. The highest BCUT2D eigenvalue weighted by Gasteiger charge is 2.11. The summed E-state index contributed by atoms with van der Waals surface area (Å²) in [5.74, 6) is 0.254. The number of hydrogen-bond acceptors (Lipinski definition) is 4. The highest BCUT2D eigenvalue weighted by molar-refractivity contribution is 5.34. The van der Waals surface area contributed by atoms with E-state index in [9.17, 15) is 4.79 Å². The van der Waals surface area contributed by atoms with Gasteiger partial charge in [-0.05, 0) is 6.92 Å². The Morgan fingerprint density at radius 2 is 2.40 bits per heavy atom. The van der Waals surface area contributed by atoms with Crippen molar-refractivity contribution in [3.8, 4) is 6.07 Å². The summed E-state index contributed by atoms with van der Waals surface area (Å²) in [5, 5.41) is 8.67. The van der Waals surface area contributed by atoms with Crippen molar-refractivity contribution in [3.63, 3.8) is 0 Å². The van der Waals surface area contributed by atoms with Gasteiger partial charge in [-0.3, -0.25) is 4.79 Å². The third-order valence-electron chi connectivity index (χ3n) is 2.13. The highest BCUT2D eigenvalue weighted by Crippen LogP contribution is 2.03. The van der Waals surface area contributed by atoms with Crippen LogP contribution in [-0.4, -0.2) is 23.1 Å². The Balaban J connectivity index is 2.93. The Labute approximate surface area is 88.6 Å². The van der Waals surface area contributed by atoms with Crippen molar-refractivity contribution in [2.45, 2.75) is 6.92 Å². The van der Waals surface area contributed by atoms with Crippen molar-refractivity contribution in [3.05, 3.63) is 22.7 Å². The predicted octanol–water partition coefficient (Wildman–Crippen LogP) is 0.376. The van der Waals surface area contributed by atoms with Crippen LogP contribution in [-0.2, 0) is 7.05 Å². The van der Waals surface area contributed by atoms with Crippen LogP contribution in [0.1, 0.15) is 6.92 Å². The molecule has 15 heavy (non-hydrogen) atoms. The molecule has 0 saturated carbocycles. The van der Waals surface area contributed by atoms with Gasteiger partial charge >= 0.3 is 0 Å². The lowest BCUT2D eigenvalue weighted by molar-refractivity contribution is 0.699. The zero-order valence-corrected chi connectivity index (χ0v) is 9.14. The summed E-state index contributed by atoms with van der Waals surface area (Å²) in [7, 11) is 3.44. The molecule has 1 aromatic rings. The van der Waals surface area contributed by atoms with Gasteiger partial charge in [-0.2, -0.15) is 5.26 Å². The van der Waals surface area contributed by atoms with Crippen molar-refractivity contribution in [2.24, 2.45) is 13.0 Å². The summed E-state index contributed by atoms with van der Waals surface area (Å²) in [6.45, 7) is 2.31. The van der Waals surface area contributed by atoms with Crippen LogP contribution in [0.2, 0.25) is 0 Å². The first-order chi connectivity index (χ1) is 7.06.